The van der Waals surface area contributed by atoms with Gasteiger partial charge >= 0.3 is 0 Å². The minimum atomic E-state index is 1.17. The summed E-state index contributed by atoms with van der Waals surface area (Å²) in [5.41, 5.74) is 8.52. The van der Waals surface area contributed by atoms with Crippen LogP contribution < -0.4 is 9.80 Å². The molecule has 2 heterocycles. The highest BCUT2D eigenvalue weighted by atomic mass is 15.3. The fourth-order valence-corrected chi connectivity index (χ4v) is 4.68. The Morgan fingerprint density at radius 1 is 0.517 bits per heavy atom. The molecule has 1 aliphatic heterocycles. The molecule has 3 heteroatoms. The van der Waals surface area contributed by atoms with Crippen molar-refractivity contribution in [3.63, 3.8) is 0 Å². The molecule has 0 N–H and O–H groups in total. The molecule has 5 aromatic rings. The van der Waals surface area contributed by atoms with E-state index in [2.05, 4.69) is 119 Å². The highest BCUT2D eigenvalue weighted by Gasteiger charge is 2.28. The van der Waals surface area contributed by atoms with E-state index >= 15 is 0 Å². The Morgan fingerprint density at radius 2 is 1.21 bits per heavy atom. The van der Waals surface area contributed by atoms with Gasteiger partial charge in [-0.05, 0) is 42.5 Å². The van der Waals surface area contributed by atoms with Gasteiger partial charge in [-0.2, -0.15) is 0 Å². The molecule has 140 valence electrons. The zero-order valence-electron chi connectivity index (χ0n) is 16.5. The fourth-order valence-electron chi connectivity index (χ4n) is 4.68. The molecule has 4 aromatic carbocycles. The molecule has 0 radical (unpaired) electrons. The minimum Gasteiger partial charge on any atom is -0.344 e. The predicted molar refractivity (Wildman–Crippen MR) is 123 cm³/mol. The molecule has 0 unspecified atom stereocenters. The first kappa shape index (κ1) is 16.3. The third-order valence-corrected chi connectivity index (χ3v) is 6.11. The lowest BCUT2D eigenvalue weighted by Crippen LogP contribution is -2.24. The van der Waals surface area contributed by atoms with Crippen LogP contribution in [0.4, 0.5) is 28.4 Å². The molecule has 0 saturated heterocycles. The zero-order chi connectivity index (χ0) is 19.5. The molecule has 0 fully saturated rings. The Hall–Kier alpha value is -3.72. The van der Waals surface area contributed by atoms with Gasteiger partial charge in [0.05, 0.1) is 28.3 Å². The van der Waals surface area contributed by atoms with E-state index < -0.39 is 0 Å². The van der Waals surface area contributed by atoms with Gasteiger partial charge in [-0.15, -0.1) is 0 Å². The van der Waals surface area contributed by atoms with Crippen molar-refractivity contribution in [2.75, 3.05) is 16.8 Å². The summed E-state index contributed by atoms with van der Waals surface area (Å²) in [6.45, 7) is 0. The maximum absolute atomic E-state index is 2.38. The van der Waals surface area contributed by atoms with Gasteiger partial charge in [0.15, 0.2) is 0 Å². The van der Waals surface area contributed by atoms with Crippen LogP contribution in [-0.2, 0) is 7.05 Å². The van der Waals surface area contributed by atoms with Gasteiger partial charge in [0.2, 0.25) is 0 Å². The lowest BCUT2D eigenvalue weighted by atomic mass is 10.0. The maximum atomic E-state index is 2.38. The van der Waals surface area contributed by atoms with Crippen molar-refractivity contribution < 1.29 is 0 Å². The van der Waals surface area contributed by atoms with Crippen LogP contribution in [-0.4, -0.2) is 11.6 Å². The van der Waals surface area contributed by atoms with Crippen LogP contribution in [0.3, 0.4) is 0 Å². The Balaban J connectivity index is 1.73. The average Bonchev–Trinajstić information content (AvgIpc) is 3.06. The number of benzene rings is 4. The van der Waals surface area contributed by atoms with Crippen molar-refractivity contribution in [1.82, 2.24) is 4.57 Å². The molecular formula is C26H21N3. The van der Waals surface area contributed by atoms with Crippen LogP contribution in [0.1, 0.15) is 0 Å². The molecule has 0 spiro atoms. The summed E-state index contributed by atoms with van der Waals surface area (Å²) in [5.74, 6) is 0. The summed E-state index contributed by atoms with van der Waals surface area (Å²) in [5, 5.41) is 2.59. The summed E-state index contributed by atoms with van der Waals surface area (Å²) >= 11 is 0. The SMILES string of the molecule is CN1c2ccccc2N(c2ccccc2)c2cc3c(cc21)c1ccccc1n3C. The molecule has 29 heavy (non-hydrogen) atoms. The summed E-state index contributed by atoms with van der Waals surface area (Å²) < 4.78 is 2.30. The molecule has 0 bridgehead atoms. The summed E-state index contributed by atoms with van der Waals surface area (Å²) in [4.78, 5) is 4.69. The van der Waals surface area contributed by atoms with E-state index in [1.54, 1.807) is 0 Å². The Labute approximate surface area is 170 Å². The fraction of sp³-hybridized carbons (Fsp3) is 0.0769. The lowest BCUT2D eigenvalue weighted by molar-refractivity contribution is 1.01. The molecule has 0 saturated carbocycles. The van der Waals surface area contributed by atoms with E-state index in [1.807, 2.05) is 0 Å². The van der Waals surface area contributed by atoms with Gasteiger partial charge < -0.3 is 14.4 Å². The van der Waals surface area contributed by atoms with Gasteiger partial charge in [-0.3, -0.25) is 0 Å². The van der Waals surface area contributed by atoms with Gasteiger partial charge in [0.25, 0.3) is 0 Å². The van der Waals surface area contributed by atoms with E-state index in [1.165, 1.54) is 50.2 Å². The second kappa shape index (κ2) is 5.89. The Bertz CT molecular complexity index is 1380. The Kier molecular flexibility index (Phi) is 3.30. The van der Waals surface area contributed by atoms with Crippen LogP contribution in [0.15, 0.2) is 91.0 Å². The molecule has 1 aliphatic rings. The molecule has 0 amide bonds. The van der Waals surface area contributed by atoms with Crippen molar-refractivity contribution in [3.05, 3.63) is 91.0 Å². The van der Waals surface area contributed by atoms with E-state index in [0.717, 1.165) is 0 Å². The van der Waals surface area contributed by atoms with Crippen molar-refractivity contribution in [2.45, 2.75) is 0 Å². The molecule has 0 aliphatic carbocycles. The molecular weight excluding hydrogens is 354 g/mol. The zero-order valence-corrected chi connectivity index (χ0v) is 16.5. The largest absolute Gasteiger partial charge is 0.344 e. The first-order valence-corrected chi connectivity index (χ1v) is 9.93. The van der Waals surface area contributed by atoms with Crippen molar-refractivity contribution in [1.29, 1.82) is 0 Å². The topological polar surface area (TPSA) is 11.4 Å². The lowest BCUT2D eigenvalue weighted by Gasteiger charge is -2.38. The minimum absolute atomic E-state index is 1.17. The monoisotopic (exact) mass is 375 g/mol. The first-order valence-electron chi connectivity index (χ1n) is 9.93. The third kappa shape index (κ3) is 2.18. The quantitative estimate of drug-likeness (QED) is 0.316. The van der Waals surface area contributed by atoms with Crippen LogP contribution in [0.2, 0.25) is 0 Å². The molecule has 6 rings (SSSR count). The second-order valence-corrected chi connectivity index (χ2v) is 7.65. The van der Waals surface area contributed by atoms with Gasteiger partial charge in [0.1, 0.15) is 0 Å². The molecule has 1 aromatic heterocycles. The number of nitrogens with zero attached hydrogens (tertiary/aromatic N) is 3. The first-order chi connectivity index (χ1) is 14.2. The molecule has 3 nitrogen and oxygen atoms in total. The van der Waals surface area contributed by atoms with E-state index in [4.69, 9.17) is 0 Å². The van der Waals surface area contributed by atoms with Crippen LogP contribution in [0, 0.1) is 0 Å². The normalized spacial score (nSPS) is 13.0. The summed E-state index contributed by atoms with van der Waals surface area (Å²) in [7, 11) is 4.32. The van der Waals surface area contributed by atoms with E-state index in [-0.39, 0.29) is 0 Å². The summed E-state index contributed by atoms with van der Waals surface area (Å²) in [6, 6.07) is 32.6. The summed E-state index contributed by atoms with van der Waals surface area (Å²) in [6.07, 6.45) is 0. The number of anilines is 5. The number of para-hydroxylation sites is 4. The Morgan fingerprint density at radius 3 is 2.03 bits per heavy atom. The third-order valence-electron chi connectivity index (χ3n) is 6.11. The van der Waals surface area contributed by atoms with Crippen LogP contribution in [0.5, 0.6) is 0 Å². The van der Waals surface area contributed by atoms with Crippen LogP contribution >= 0.6 is 0 Å². The van der Waals surface area contributed by atoms with E-state index in [0.29, 0.717) is 0 Å². The van der Waals surface area contributed by atoms with Crippen LogP contribution in [0.25, 0.3) is 21.8 Å². The maximum Gasteiger partial charge on any atom is 0.0720 e. The number of aromatic nitrogens is 1. The highest BCUT2D eigenvalue weighted by molar-refractivity contribution is 6.13. The second-order valence-electron chi connectivity index (χ2n) is 7.65. The number of hydrogen-bond acceptors (Lipinski definition) is 2. The smallest absolute Gasteiger partial charge is 0.0720 e. The van der Waals surface area contributed by atoms with Crippen molar-refractivity contribution in [2.24, 2.45) is 7.05 Å². The number of rotatable bonds is 1. The van der Waals surface area contributed by atoms with Gasteiger partial charge in [-0.25, -0.2) is 0 Å². The predicted octanol–water partition coefficient (Wildman–Crippen LogP) is 6.88. The highest BCUT2D eigenvalue weighted by Crippen LogP contribution is 2.52. The van der Waals surface area contributed by atoms with Gasteiger partial charge in [-0.1, -0.05) is 48.5 Å². The van der Waals surface area contributed by atoms with Gasteiger partial charge in [0, 0.05) is 36.1 Å². The van der Waals surface area contributed by atoms with Crippen molar-refractivity contribution in [3.8, 4) is 0 Å². The number of aryl methyl sites for hydroxylation is 1. The standard InChI is InChI=1S/C26H21N3/c1-27-21-13-7-6-12-19(21)20-16-25-26(17-24(20)27)29(18-10-4-3-5-11-18)23-15-9-8-14-22(23)28(25)2/h3-17H,1-2H3. The number of fused-ring (bicyclic) bond motifs is 5. The average molecular weight is 375 g/mol. The number of hydrogen-bond donors (Lipinski definition) is 0. The van der Waals surface area contributed by atoms with E-state index in [9.17, 15) is 0 Å². The molecule has 0 atom stereocenters. The van der Waals surface area contributed by atoms with Crippen molar-refractivity contribution >= 4 is 50.2 Å².